The average molecular weight is 257 g/mol. The number of nitrogens with two attached hydrogens (primary N) is 1. The lowest BCUT2D eigenvalue weighted by atomic mass is 10.1. The number of hydrogen-bond acceptors (Lipinski definition) is 4. The highest BCUT2D eigenvalue weighted by Crippen LogP contribution is 2.28. The Hall–Kier alpha value is -2.14. The third kappa shape index (κ3) is 2.13. The molecule has 1 aromatic carbocycles. The monoisotopic (exact) mass is 257 g/mol. The second-order valence-electron chi connectivity index (χ2n) is 4.50. The number of benzene rings is 1. The van der Waals surface area contributed by atoms with Crippen molar-refractivity contribution in [2.45, 2.75) is 0 Å². The molecule has 0 radical (unpaired) electrons. The van der Waals surface area contributed by atoms with Gasteiger partial charge >= 0.3 is 0 Å². The fourth-order valence-corrected chi connectivity index (χ4v) is 2.44. The molecular weight excluding hydrogens is 242 g/mol. The smallest absolute Gasteiger partial charge is 0.250 e. The van der Waals surface area contributed by atoms with E-state index in [1.165, 1.54) is 0 Å². The molecule has 5 heteroatoms. The van der Waals surface area contributed by atoms with Crippen molar-refractivity contribution in [2.24, 2.45) is 5.73 Å². The minimum absolute atomic E-state index is 0.447. The van der Waals surface area contributed by atoms with E-state index in [9.17, 15) is 4.79 Å². The zero-order valence-electron chi connectivity index (χ0n) is 10.5. The minimum Gasteiger partial charge on any atom is -0.378 e. The lowest BCUT2D eigenvalue weighted by Crippen LogP contribution is -2.36. The van der Waals surface area contributed by atoms with Crippen LogP contribution in [0.25, 0.3) is 10.9 Å². The summed E-state index contributed by atoms with van der Waals surface area (Å²) in [6.07, 6.45) is 1.68. The third-order valence-corrected chi connectivity index (χ3v) is 3.36. The van der Waals surface area contributed by atoms with Crippen LogP contribution in [0, 0.1) is 0 Å². The van der Waals surface area contributed by atoms with E-state index in [2.05, 4.69) is 9.88 Å². The van der Waals surface area contributed by atoms with Crippen molar-refractivity contribution in [3.8, 4) is 0 Å². The summed E-state index contributed by atoms with van der Waals surface area (Å²) in [6.45, 7) is 3.14. The highest BCUT2D eigenvalue weighted by Gasteiger charge is 2.17. The van der Waals surface area contributed by atoms with E-state index in [0.29, 0.717) is 11.1 Å². The molecule has 2 N–H and O–H groups in total. The van der Waals surface area contributed by atoms with Crippen molar-refractivity contribution in [1.29, 1.82) is 0 Å². The topological polar surface area (TPSA) is 68.5 Å². The van der Waals surface area contributed by atoms with Gasteiger partial charge in [-0.1, -0.05) is 0 Å². The van der Waals surface area contributed by atoms with Crippen LogP contribution in [0.2, 0.25) is 0 Å². The first-order valence-electron chi connectivity index (χ1n) is 6.27. The highest BCUT2D eigenvalue weighted by atomic mass is 16.5. The molecule has 0 unspecified atom stereocenters. The number of carbonyl (C=O) groups is 1. The SMILES string of the molecule is NC(=O)c1ccc(N2CCOCC2)c2cccnc12. The summed E-state index contributed by atoms with van der Waals surface area (Å²) < 4.78 is 5.36. The van der Waals surface area contributed by atoms with Crippen molar-refractivity contribution < 1.29 is 9.53 Å². The first kappa shape index (κ1) is 11.9. The van der Waals surface area contributed by atoms with Gasteiger partial charge in [-0.15, -0.1) is 0 Å². The molecule has 0 spiro atoms. The lowest BCUT2D eigenvalue weighted by molar-refractivity contribution is 0.100. The molecule has 5 nitrogen and oxygen atoms in total. The molecule has 2 heterocycles. The average Bonchev–Trinajstić information content (AvgIpc) is 2.47. The molecule has 0 bridgehead atoms. The Morgan fingerprint density at radius 2 is 2.05 bits per heavy atom. The van der Waals surface area contributed by atoms with Crippen molar-refractivity contribution >= 4 is 22.5 Å². The number of fused-ring (bicyclic) bond motifs is 1. The van der Waals surface area contributed by atoms with E-state index in [1.807, 2.05) is 18.2 Å². The predicted molar refractivity (Wildman–Crippen MR) is 73.3 cm³/mol. The number of pyridine rings is 1. The van der Waals surface area contributed by atoms with Crippen molar-refractivity contribution in [2.75, 3.05) is 31.2 Å². The van der Waals surface area contributed by atoms with E-state index in [1.54, 1.807) is 12.3 Å². The van der Waals surface area contributed by atoms with Crippen LogP contribution < -0.4 is 10.6 Å². The minimum atomic E-state index is -0.447. The Bertz CT molecular complexity index is 621. The molecule has 0 saturated carbocycles. The Kier molecular flexibility index (Phi) is 3.05. The number of carbonyl (C=O) groups excluding carboxylic acids is 1. The zero-order chi connectivity index (χ0) is 13.2. The number of ether oxygens (including phenoxy) is 1. The lowest BCUT2D eigenvalue weighted by Gasteiger charge is -2.30. The van der Waals surface area contributed by atoms with Gasteiger partial charge in [0.15, 0.2) is 0 Å². The van der Waals surface area contributed by atoms with Crippen LogP contribution in [0.4, 0.5) is 5.69 Å². The summed E-state index contributed by atoms with van der Waals surface area (Å²) in [5.41, 5.74) is 7.61. The van der Waals surface area contributed by atoms with Crippen LogP contribution in [0.3, 0.4) is 0 Å². The largest absolute Gasteiger partial charge is 0.378 e. The van der Waals surface area contributed by atoms with E-state index >= 15 is 0 Å². The van der Waals surface area contributed by atoms with Crippen LogP contribution >= 0.6 is 0 Å². The summed E-state index contributed by atoms with van der Waals surface area (Å²) in [4.78, 5) is 18.0. The van der Waals surface area contributed by atoms with E-state index < -0.39 is 5.91 Å². The summed E-state index contributed by atoms with van der Waals surface area (Å²) >= 11 is 0. The molecule has 1 aliphatic heterocycles. The van der Waals surface area contributed by atoms with Crippen LogP contribution in [-0.2, 0) is 4.74 Å². The second-order valence-corrected chi connectivity index (χ2v) is 4.50. The number of morpholine rings is 1. The van der Waals surface area contributed by atoms with E-state index in [0.717, 1.165) is 37.4 Å². The molecule has 19 heavy (non-hydrogen) atoms. The maximum Gasteiger partial charge on any atom is 0.250 e. The molecule has 98 valence electrons. The van der Waals surface area contributed by atoms with Gasteiger partial charge in [-0.05, 0) is 24.3 Å². The van der Waals surface area contributed by atoms with E-state index in [4.69, 9.17) is 10.5 Å². The van der Waals surface area contributed by atoms with Gasteiger partial charge in [-0.25, -0.2) is 0 Å². The number of nitrogens with zero attached hydrogens (tertiary/aromatic N) is 2. The van der Waals surface area contributed by atoms with Gasteiger partial charge in [0.25, 0.3) is 5.91 Å². The molecule has 1 amide bonds. The number of hydrogen-bond donors (Lipinski definition) is 1. The van der Waals surface area contributed by atoms with Crippen LogP contribution in [0.5, 0.6) is 0 Å². The van der Waals surface area contributed by atoms with Gasteiger partial charge in [0.2, 0.25) is 0 Å². The summed E-state index contributed by atoms with van der Waals surface area (Å²) in [5.74, 6) is -0.447. The Labute approximate surface area is 111 Å². The highest BCUT2D eigenvalue weighted by molar-refractivity contribution is 6.08. The second kappa shape index (κ2) is 4.85. The molecule has 0 aliphatic carbocycles. The number of aromatic nitrogens is 1. The van der Waals surface area contributed by atoms with Crippen LogP contribution in [-0.4, -0.2) is 37.2 Å². The molecule has 3 rings (SSSR count). The molecule has 1 aromatic heterocycles. The Morgan fingerprint density at radius 1 is 1.26 bits per heavy atom. The predicted octanol–water partition coefficient (Wildman–Crippen LogP) is 1.17. The fraction of sp³-hybridized carbons (Fsp3) is 0.286. The first-order chi connectivity index (χ1) is 9.27. The van der Waals surface area contributed by atoms with E-state index in [-0.39, 0.29) is 0 Å². The number of primary amides is 1. The standard InChI is InChI=1S/C14H15N3O2/c15-14(18)11-3-4-12(17-6-8-19-9-7-17)10-2-1-5-16-13(10)11/h1-5H,6-9H2,(H2,15,18). The van der Waals surface area contributed by atoms with Gasteiger partial charge in [0, 0.05) is 30.4 Å². The summed E-state index contributed by atoms with van der Waals surface area (Å²) in [6, 6.07) is 7.54. The normalized spacial score (nSPS) is 15.7. The summed E-state index contributed by atoms with van der Waals surface area (Å²) in [7, 11) is 0. The quantitative estimate of drug-likeness (QED) is 0.877. The van der Waals surface area contributed by atoms with Gasteiger partial charge in [-0.2, -0.15) is 0 Å². The van der Waals surface area contributed by atoms with Crippen LogP contribution in [0.1, 0.15) is 10.4 Å². The Balaban J connectivity index is 2.15. The fourth-order valence-electron chi connectivity index (χ4n) is 2.44. The molecule has 1 fully saturated rings. The van der Waals surface area contributed by atoms with Gasteiger partial charge in [0.1, 0.15) is 0 Å². The molecule has 2 aromatic rings. The maximum absolute atomic E-state index is 11.5. The van der Waals surface area contributed by atoms with Crippen molar-refractivity contribution in [3.05, 3.63) is 36.0 Å². The van der Waals surface area contributed by atoms with Crippen LogP contribution in [0.15, 0.2) is 30.5 Å². The first-order valence-corrected chi connectivity index (χ1v) is 6.27. The number of anilines is 1. The molecule has 0 atom stereocenters. The van der Waals surface area contributed by atoms with Crippen molar-refractivity contribution in [1.82, 2.24) is 4.98 Å². The third-order valence-electron chi connectivity index (χ3n) is 3.36. The summed E-state index contributed by atoms with van der Waals surface area (Å²) in [5, 5.41) is 0.959. The number of rotatable bonds is 2. The van der Waals surface area contributed by atoms with Gasteiger partial charge < -0.3 is 15.4 Å². The van der Waals surface area contributed by atoms with Crippen molar-refractivity contribution in [3.63, 3.8) is 0 Å². The van der Waals surface area contributed by atoms with Gasteiger partial charge in [0.05, 0.1) is 24.3 Å². The maximum atomic E-state index is 11.5. The number of amides is 1. The Morgan fingerprint density at radius 3 is 2.79 bits per heavy atom. The zero-order valence-corrected chi connectivity index (χ0v) is 10.5. The van der Waals surface area contributed by atoms with Gasteiger partial charge in [-0.3, -0.25) is 9.78 Å². The molecule has 1 saturated heterocycles. The molecular formula is C14H15N3O2. The molecule has 1 aliphatic rings.